The van der Waals surface area contributed by atoms with Crippen LogP contribution in [0.15, 0.2) is 23.3 Å². The molecule has 2 saturated heterocycles. The summed E-state index contributed by atoms with van der Waals surface area (Å²) in [6.07, 6.45) is 2.24. The normalized spacial score (nSPS) is 23.5. The third-order valence-electron chi connectivity index (χ3n) is 5.17. The van der Waals surface area contributed by atoms with E-state index in [-0.39, 0.29) is 30.1 Å². The van der Waals surface area contributed by atoms with Crippen LogP contribution in [0.1, 0.15) is 26.3 Å². The molecule has 2 aliphatic rings. The van der Waals surface area contributed by atoms with Gasteiger partial charge in [0.1, 0.15) is 5.82 Å². The van der Waals surface area contributed by atoms with Gasteiger partial charge in [-0.2, -0.15) is 11.8 Å². The number of guanidine groups is 1. The summed E-state index contributed by atoms with van der Waals surface area (Å²) < 4.78 is 5.61. The first kappa shape index (κ1) is 23.5. The van der Waals surface area contributed by atoms with E-state index in [2.05, 4.69) is 69.8 Å². The van der Waals surface area contributed by atoms with Crippen LogP contribution in [0.2, 0.25) is 0 Å². The van der Waals surface area contributed by atoms with E-state index >= 15 is 0 Å². The number of hydrogen-bond acceptors (Lipinski definition) is 5. The molecule has 1 N–H and O–H groups in total. The Morgan fingerprint density at radius 2 is 2.18 bits per heavy atom. The van der Waals surface area contributed by atoms with Gasteiger partial charge in [-0.25, -0.2) is 4.98 Å². The number of thioether (sulfide) groups is 1. The zero-order chi connectivity index (χ0) is 19.2. The molecule has 0 spiro atoms. The van der Waals surface area contributed by atoms with Crippen molar-refractivity contribution >= 4 is 47.5 Å². The standard InChI is InChI=1S/C20H33N5OS.HI/c1-15(2)18-14-25(8-10-27-18)20(21-4)23-12-17-5-6-19(22-11-17)24-7-9-26-16(3)13-24;/h5-6,11,15-16,18H,7-10,12-14H2,1-4H3,(H,21,23);1H. The van der Waals surface area contributed by atoms with E-state index in [1.54, 1.807) is 0 Å². The molecule has 2 aliphatic heterocycles. The van der Waals surface area contributed by atoms with Crippen molar-refractivity contribution in [1.82, 2.24) is 15.2 Å². The Morgan fingerprint density at radius 3 is 2.82 bits per heavy atom. The van der Waals surface area contributed by atoms with Gasteiger partial charge in [-0.1, -0.05) is 19.9 Å². The predicted octanol–water partition coefficient (Wildman–Crippen LogP) is 3.07. The molecule has 0 bridgehead atoms. The van der Waals surface area contributed by atoms with Crippen molar-refractivity contribution in [1.29, 1.82) is 0 Å². The highest BCUT2D eigenvalue weighted by Crippen LogP contribution is 2.25. The summed E-state index contributed by atoms with van der Waals surface area (Å²) in [5.41, 5.74) is 1.17. The summed E-state index contributed by atoms with van der Waals surface area (Å²) in [6, 6.07) is 4.27. The Balaban J connectivity index is 0.00000280. The summed E-state index contributed by atoms with van der Waals surface area (Å²) >= 11 is 2.08. The van der Waals surface area contributed by atoms with E-state index in [9.17, 15) is 0 Å². The van der Waals surface area contributed by atoms with E-state index in [0.29, 0.717) is 11.2 Å². The molecule has 2 atom stereocenters. The molecule has 0 aromatic carbocycles. The Kier molecular flexibility index (Phi) is 9.62. The lowest BCUT2D eigenvalue weighted by Gasteiger charge is -2.36. The molecule has 0 radical (unpaired) electrons. The number of pyridine rings is 1. The van der Waals surface area contributed by atoms with Crippen LogP contribution >= 0.6 is 35.7 Å². The van der Waals surface area contributed by atoms with Gasteiger partial charge in [-0.15, -0.1) is 24.0 Å². The van der Waals surface area contributed by atoms with Crippen LogP contribution in [-0.2, 0) is 11.3 Å². The van der Waals surface area contributed by atoms with E-state index < -0.39 is 0 Å². The summed E-state index contributed by atoms with van der Waals surface area (Å²) in [4.78, 5) is 13.8. The lowest BCUT2D eigenvalue weighted by Crippen LogP contribution is -2.48. The minimum Gasteiger partial charge on any atom is -0.375 e. The van der Waals surface area contributed by atoms with Gasteiger partial charge in [0.2, 0.25) is 0 Å². The summed E-state index contributed by atoms with van der Waals surface area (Å²) in [5.74, 6) is 3.88. The fourth-order valence-electron chi connectivity index (χ4n) is 3.52. The predicted molar refractivity (Wildman–Crippen MR) is 130 cm³/mol. The molecule has 3 heterocycles. The SMILES string of the molecule is CN=C(NCc1ccc(N2CCOC(C)C2)nc1)N1CCSC(C(C)C)C1.I. The number of aliphatic imine (C=N–C) groups is 1. The molecule has 0 saturated carbocycles. The molecule has 1 aromatic rings. The van der Waals surface area contributed by atoms with Crippen molar-refractivity contribution in [3.63, 3.8) is 0 Å². The van der Waals surface area contributed by atoms with Gasteiger partial charge in [0.05, 0.1) is 12.7 Å². The molecule has 6 nitrogen and oxygen atoms in total. The molecule has 0 aliphatic carbocycles. The van der Waals surface area contributed by atoms with Gasteiger partial charge < -0.3 is 19.9 Å². The van der Waals surface area contributed by atoms with E-state index in [1.165, 1.54) is 5.56 Å². The summed E-state index contributed by atoms with van der Waals surface area (Å²) in [6.45, 7) is 12.2. The second kappa shape index (κ2) is 11.4. The van der Waals surface area contributed by atoms with E-state index in [1.807, 2.05) is 13.2 Å². The molecular weight excluding hydrogens is 485 g/mol. The first-order valence-corrected chi connectivity index (χ1v) is 11.0. The Morgan fingerprint density at radius 1 is 1.36 bits per heavy atom. The molecule has 1 aromatic heterocycles. The average Bonchev–Trinajstić information content (AvgIpc) is 2.69. The lowest BCUT2D eigenvalue weighted by molar-refractivity contribution is 0.0529. The van der Waals surface area contributed by atoms with Crippen LogP contribution in [0.25, 0.3) is 0 Å². The van der Waals surface area contributed by atoms with Gasteiger partial charge in [-0.3, -0.25) is 4.99 Å². The topological polar surface area (TPSA) is 53.0 Å². The molecule has 158 valence electrons. The zero-order valence-electron chi connectivity index (χ0n) is 17.4. The van der Waals surface area contributed by atoms with Crippen LogP contribution in [0.5, 0.6) is 0 Å². The third kappa shape index (κ3) is 6.38. The highest BCUT2D eigenvalue weighted by molar-refractivity contribution is 14.0. The van der Waals surface area contributed by atoms with Crippen LogP contribution in [-0.4, -0.2) is 72.8 Å². The van der Waals surface area contributed by atoms with E-state index in [0.717, 1.165) is 56.9 Å². The molecule has 3 rings (SSSR count). The number of morpholine rings is 1. The van der Waals surface area contributed by atoms with Crippen LogP contribution in [0, 0.1) is 5.92 Å². The van der Waals surface area contributed by atoms with Crippen molar-refractivity contribution in [2.45, 2.75) is 38.7 Å². The van der Waals surface area contributed by atoms with Crippen LogP contribution < -0.4 is 10.2 Å². The van der Waals surface area contributed by atoms with E-state index in [4.69, 9.17) is 4.74 Å². The van der Waals surface area contributed by atoms with Crippen molar-refractivity contribution in [3.05, 3.63) is 23.9 Å². The maximum atomic E-state index is 5.61. The number of nitrogens with zero attached hydrogens (tertiary/aromatic N) is 4. The second-order valence-corrected chi connectivity index (χ2v) is 9.00. The summed E-state index contributed by atoms with van der Waals surface area (Å²) in [7, 11) is 1.87. The Hall–Kier alpha value is -0.740. The summed E-state index contributed by atoms with van der Waals surface area (Å²) in [5, 5.41) is 4.19. The first-order valence-electron chi connectivity index (χ1n) is 9.95. The second-order valence-electron chi connectivity index (χ2n) is 7.65. The first-order chi connectivity index (χ1) is 13.1. The number of halogens is 1. The Labute approximate surface area is 190 Å². The highest BCUT2D eigenvalue weighted by atomic mass is 127. The molecular formula is C20H34IN5OS. The molecule has 8 heteroatoms. The van der Waals surface area contributed by atoms with Crippen molar-refractivity contribution in [2.75, 3.05) is 50.5 Å². The van der Waals surface area contributed by atoms with Gasteiger partial charge in [0.25, 0.3) is 0 Å². The number of hydrogen-bond donors (Lipinski definition) is 1. The molecule has 28 heavy (non-hydrogen) atoms. The fraction of sp³-hybridized carbons (Fsp3) is 0.700. The number of anilines is 1. The van der Waals surface area contributed by atoms with Crippen LogP contribution in [0.3, 0.4) is 0 Å². The molecule has 2 unspecified atom stereocenters. The minimum atomic E-state index is 0. The van der Waals surface area contributed by atoms with Crippen molar-refractivity contribution in [3.8, 4) is 0 Å². The quantitative estimate of drug-likeness (QED) is 0.375. The maximum absolute atomic E-state index is 5.61. The zero-order valence-corrected chi connectivity index (χ0v) is 20.6. The molecule has 2 fully saturated rings. The largest absolute Gasteiger partial charge is 0.375 e. The Bertz CT molecular complexity index is 628. The van der Waals surface area contributed by atoms with Gasteiger partial charge in [-0.05, 0) is 24.5 Å². The maximum Gasteiger partial charge on any atom is 0.193 e. The van der Waals surface area contributed by atoms with Gasteiger partial charge in [0.15, 0.2) is 5.96 Å². The number of aromatic nitrogens is 1. The lowest BCUT2D eigenvalue weighted by atomic mass is 10.1. The van der Waals surface area contributed by atoms with Crippen molar-refractivity contribution in [2.24, 2.45) is 10.9 Å². The van der Waals surface area contributed by atoms with Gasteiger partial charge in [0, 0.05) is 57.0 Å². The minimum absolute atomic E-state index is 0. The monoisotopic (exact) mass is 519 g/mol. The van der Waals surface area contributed by atoms with Crippen molar-refractivity contribution < 1.29 is 4.74 Å². The van der Waals surface area contributed by atoms with Crippen LogP contribution in [0.4, 0.5) is 5.82 Å². The number of rotatable bonds is 4. The fourth-order valence-corrected chi connectivity index (χ4v) is 4.82. The third-order valence-corrected chi connectivity index (χ3v) is 6.71. The highest BCUT2D eigenvalue weighted by Gasteiger charge is 2.24. The van der Waals surface area contributed by atoms with Gasteiger partial charge >= 0.3 is 0 Å². The molecule has 0 amide bonds. The smallest absolute Gasteiger partial charge is 0.193 e. The average molecular weight is 519 g/mol. The number of ether oxygens (including phenoxy) is 1. The number of nitrogens with one attached hydrogen (secondary N) is 1.